The molecule has 0 spiro atoms. The Morgan fingerprint density at radius 2 is 0.500 bits per heavy atom. The standard InChI is InChI=1S/C39H46O16.C26H28O9/c1-9-30-34(48-20(3)41)38(52-24(7)45)36(50-22(5)43)32(54-30)28-14-10-26(11-15-28)27-12-16-29(17-13-27)33-37(51-23(6)44)39(53-25(8)46)35(49-21(4)42)31(55-33)18-47-19(2)40;1-15(27)31-14-22-24(32-16(2)28)26(34-18(4)30)25(33-17(3)29)23(35-22)21-12-10-20(11-13-21)19-8-6-5-7-9-19/h10-17,30-39H,9,18H2,1-8H3;5-13,22-26H,14H2,1-4H3/t30-,31+,32+,33-,34-,35+,36+,37-,38+,39-;22-,23+,24-,25+,26+/m01/s1. The molecular weight excluding hydrogens is 1180 g/mol. The van der Waals surface area contributed by atoms with Crippen LogP contribution in [0.1, 0.15) is 125 Å². The van der Waals surface area contributed by atoms with Crippen LogP contribution in [0, 0.1) is 0 Å². The Bertz CT molecular complexity index is 3180. The number of carbonyl (C=O) groups is 11. The molecule has 25 nitrogen and oxygen atoms in total. The van der Waals surface area contributed by atoms with Gasteiger partial charge in [-0.2, -0.15) is 0 Å². The Balaban J connectivity index is 0.000000316. The van der Waals surface area contributed by atoms with Crippen molar-refractivity contribution in [3.63, 3.8) is 0 Å². The minimum atomic E-state index is -1.31. The van der Waals surface area contributed by atoms with Crippen LogP contribution in [0.2, 0.25) is 0 Å². The summed E-state index contributed by atoms with van der Waals surface area (Å²) in [6.07, 6.45) is -15.9. The van der Waals surface area contributed by atoms with Gasteiger partial charge in [0.15, 0.2) is 54.9 Å². The molecule has 15 atom stereocenters. The molecule has 3 fully saturated rings. The lowest BCUT2D eigenvalue weighted by atomic mass is 9.88. The number of carbonyl (C=O) groups excluding carboxylic acids is 11. The number of rotatable bonds is 19. The summed E-state index contributed by atoms with van der Waals surface area (Å²) in [5, 5.41) is 0. The van der Waals surface area contributed by atoms with Gasteiger partial charge in [0.05, 0.1) is 6.10 Å². The number of benzene rings is 4. The van der Waals surface area contributed by atoms with Gasteiger partial charge >= 0.3 is 65.7 Å². The molecule has 3 heterocycles. The van der Waals surface area contributed by atoms with E-state index in [0.717, 1.165) is 36.1 Å². The zero-order valence-electron chi connectivity index (χ0n) is 51.8. The maximum Gasteiger partial charge on any atom is 0.303 e. The average Bonchev–Trinajstić information content (AvgIpc) is 0.983. The molecule has 3 aliphatic rings. The van der Waals surface area contributed by atoms with Crippen LogP contribution in [0.4, 0.5) is 0 Å². The first-order valence-electron chi connectivity index (χ1n) is 28.8. The Kier molecular flexibility index (Phi) is 25.2. The van der Waals surface area contributed by atoms with Crippen molar-refractivity contribution >= 4 is 65.7 Å². The summed E-state index contributed by atoms with van der Waals surface area (Å²) in [5.41, 5.74) is 5.21. The first kappa shape index (κ1) is 70.0. The average molecular weight is 1260 g/mol. The van der Waals surface area contributed by atoms with E-state index in [2.05, 4.69) is 0 Å². The summed E-state index contributed by atoms with van der Waals surface area (Å²) >= 11 is 0. The molecule has 0 aromatic heterocycles. The van der Waals surface area contributed by atoms with E-state index in [4.69, 9.17) is 66.3 Å². The van der Waals surface area contributed by atoms with Gasteiger partial charge in [-0.05, 0) is 45.4 Å². The van der Waals surface area contributed by atoms with Gasteiger partial charge in [-0.25, -0.2) is 0 Å². The van der Waals surface area contributed by atoms with Crippen molar-refractivity contribution in [2.24, 2.45) is 0 Å². The highest BCUT2D eigenvalue weighted by Gasteiger charge is 2.55. The number of hydrogen-bond acceptors (Lipinski definition) is 25. The predicted octanol–water partition coefficient (Wildman–Crippen LogP) is 6.95. The number of ether oxygens (including phenoxy) is 14. The SMILES string of the molecule is CC(=O)OC[C@H]1O[C@@H](c2ccc(-c3ccccc3)cc2)[C@H](OC(C)=O)[C@@H](OC(C)=O)[C@@H]1OC(C)=O.CC[C@@H]1O[C@H](c2ccc(-c3ccc([C@@H]4O[C@H](COC(C)=O)[C@@H](OC(C)=O)[C@H](OC(C)=O)[C@H]4OC(C)=O)cc3)cc2)[C@@H](OC(C)=O)[C@H](OC(C)=O)[C@H]1OC(C)=O. The third-order valence-corrected chi connectivity index (χ3v) is 14.1. The minimum absolute atomic E-state index is 0.267. The second-order valence-corrected chi connectivity index (χ2v) is 21.2. The first-order valence-corrected chi connectivity index (χ1v) is 28.8. The molecule has 7 rings (SSSR count). The lowest BCUT2D eigenvalue weighted by molar-refractivity contribution is -0.254. The van der Waals surface area contributed by atoms with Crippen molar-refractivity contribution in [2.75, 3.05) is 13.2 Å². The summed E-state index contributed by atoms with van der Waals surface area (Å²) in [4.78, 5) is 132. The molecule has 4 aromatic carbocycles. The van der Waals surface area contributed by atoms with Crippen LogP contribution in [-0.2, 0) is 119 Å². The van der Waals surface area contributed by atoms with Crippen LogP contribution in [0.5, 0.6) is 0 Å². The van der Waals surface area contributed by atoms with E-state index < -0.39 is 157 Å². The lowest BCUT2D eigenvalue weighted by Crippen LogP contribution is -2.59. The van der Waals surface area contributed by atoms with Gasteiger partial charge in [-0.3, -0.25) is 52.7 Å². The fourth-order valence-corrected chi connectivity index (χ4v) is 10.7. The Hall–Kier alpha value is -9.07. The zero-order valence-corrected chi connectivity index (χ0v) is 51.8. The quantitative estimate of drug-likeness (QED) is 0.0677. The van der Waals surface area contributed by atoms with Crippen LogP contribution in [0.25, 0.3) is 22.3 Å². The highest BCUT2D eigenvalue weighted by atomic mass is 16.7. The summed E-state index contributed by atoms with van der Waals surface area (Å²) < 4.78 is 78.9. The normalized spacial score (nSPS) is 25.9. The summed E-state index contributed by atoms with van der Waals surface area (Å²) in [5.74, 6) is -7.27. The summed E-state index contributed by atoms with van der Waals surface area (Å²) in [6, 6.07) is 31.3. The molecule has 0 N–H and O–H groups in total. The van der Waals surface area contributed by atoms with Crippen molar-refractivity contribution in [2.45, 2.75) is 181 Å². The van der Waals surface area contributed by atoms with Crippen LogP contribution >= 0.6 is 0 Å². The van der Waals surface area contributed by atoms with Gasteiger partial charge in [0.1, 0.15) is 43.7 Å². The predicted molar refractivity (Wildman–Crippen MR) is 310 cm³/mol. The van der Waals surface area contributed by atoms with Crippen molar-refractivity contribution in [3.8, 4) is 22.3 Å². The third-order valence-electron chi connectivity index (χ3n) is 14.1. The molecule has 0 saturated carbocycles. The molecule has 0 radical (unpaired) electrons. The smallest absolute Gasteiger partial charge is 0.303 e. The maximum atomic E-state index is 12.3. The minimum Gasteiger partial charge on any atom is -0.463 e. The molecule has 0 amide bonds. The van der Waals surface area contributed by atoms with E-state index in [1.807, 2.05) is 73.7 Å². The molecule has 3 saturated heterocycles. The van der Waals surface area contributed by atoms with Crippen LogP contribution in [-0.4, -0.2) is 152 Å². The topological polar surface area (TPSA) is 317 Å². The van der Waals surface area contributed by atoms with Crippen molar-refractivity contribution in [1.29, 1.82) is 0 Å². The second-order valence-electron chi connectivity index (χ2n) is 21.2. The first-order chi connectivity index (χ1) is 42.6. The van der Waals surface area contributed by atoms with E-state index >= 15 is 0 Å². The molecule has 0 aliphatic carbocycles. The lowest BCUT2D eigenvalue weighted by Gasteiger charge is -2.44. The fourth-order valence-electron chi connectivity index (χ4n) is 10.7. The van der Waals surface area contributed by atoms with Gasteiger partial charge in [0.2, 0.25) is 0 Å². The van der Waals surface area contributed by atoms with Crippen LogP contribution in [0.3, 0.4) is 0 Å². The molecule has 0 unspecified atom stereocenters. The van der Waals surface area contributed by atoms with Crippen LogP contribution < -0.4 is 0 Å². The highest BCUT2D eigenvalue weighted by Crippen LogP contribution is 2.42. The second kappa shape index (κ2) is 32.4. The van der Waals surface area contributed by atoms with E-state index in [1.54, 1.807) is 36.4 Å². The van der Waals surface area contributed by atoms with E-state index in [1.165, 1.54) is 62.3 Å². The maximum absolute atomic E-state index is 12.3. The monoisotopic (exact) mass is 1250 g/mol. The van der Waals surface area contributed by atoms with E-state index in [-0.39, 0.29) is 13.2 Å². The molecular formula is C65H74O25. The molecule has 484 valence electrons. The van der Waals surface area contributed by atoms with Gasteiger partial charge in [0.25, 0.3) is 0 Å². The summed E-state index contributed by atoms with van der Waals surface area (Å²) in [6.45, 7) is 14.3. The van der Waals surface area contributed by atoms with Gasteiger partial charge < -0.3 is 66.3 Å². The van der Waals surface area contributed by atoms with Crippen molar-refractivity contribution < 1.29 is 119 Å². The van der Waals surface area contributed by atoms with E-state index in [0.29, 0.717) is 23.1 Å². The molecule has 90 heavy (non-hydrogen) atoms. The zero-order chi connectivity index (χ0) is 66.1. The molecule has 4 aromatic rings. The van der Waals surface area contributed by atoms with E-state index in [9.17, 15) is 52.7 Å². The molecule has 3 aliphatic heterocycles. The van der Waals surface area contributed by atoms with Gasteiger partial charge in [-0.1, -0.05) is 110 Å². The molecule has 25 heteroatoms. The third kappa shape index (κ3) is 19.5. The largest absolute Gasteiger partial charge is 0.463 e. The van der Waals surface area contributed by atoms with Crippen molar-refractivity contribution in [1.82, 2.24) is 0 Å². The van der Waals surface area contributed by atoms with Gasteiger partial charge in [-0.15, -0.1) is 0 Å². The fraction of sp³-hybridized carbons (Fsp3) is 0.462. The Morgan fingerprint density at radius 3 is 0.744 bits per heavy atom. The molecule has 0 bridgehead atoms. The number of hydrogen-bond donors (Lipinski definition) is 0. The van der Waals surface area contributed by atoms with Gasteiger partial charge in [0, 0.05) is 76.2 Å². The highest BCUT2D eigenvalue weighted by molar-refractivity contribution is 5.72. The Morgan fingerprint density at radius 1 is 0.278 bits per heavy atom. The summed E-state index contributed by atoms with van der Waals surface area (Å²) in [7, 11) is 0. The van der Waals surface area contributed by atoms with Crippen molar-refractivity contribution in [3.05, 3.63) is 120 Å². The number of esters is 11. The van der Waals surface area contributed by atoms with Crippen LogP contribution in [0.15, 0.2) is 103 Å². The Labute approximate surface area is 519 Å².